The quantitative estimate of drug-likeness (QED) is 0.794. The van der Waals surface area contributed by atoms with Crippen molar-refractivity contribution in [2.24, 2.45) is 0 Å². The van der Waals surface area contributed by atoms with Gasteiger partial charge in [0.25, 0.3) is 10.1 Å². The van der Waals surface area contributed by atoms with Crippen molar-refractivity contribution in [3.05, 3.63) is 36.7 Å². The zero-order valence-corrected chi connectivity index (χ0v) is 9.02. The van der Waals surface area contributed by atoms with Gasteiger partial charge in [-0.05, 0) is 24.3 Å². The third-order valence-electron chi connectivity index (χ3n) is 1.91. The van der Waals surface area contributed by atoms with Gasteiger partial charge in [0, 0.05) is 5.56 Å². The Morgan fingerprint density at radius 3 is 2.35 bits per heavy atom. The molecule has 1 radical (unpaired) electrons. The molecule has 0 fully saturated rings. The molecule has 1 aromatic heterocycles. The highest BCUT2D eigenvalue weighted by Gasteiger charge is 2.10. The summed E-state index contributed by atoms with van der Waals surface area (Å²) in [6.45, 7) is 0. The molecule has 0 saturated carbocycles. The van der Waals surface area contributed by atoms with Crippen LogP contribution in [0.5, 0.6) is 0 Å². The normalized spacial score (nSPS) is 11.4. The average molecular weight is 254 g/mol. The third-order valence-corrected chi connectivity index (χ3v) is 2.77. The number of aromatic nitrogens is 3. The van der Waals surface area contributed by atoms with Crippen molar-refractivity contribution in [3.63, 3.8) is 0 Å². The lowest BCUT2D eigenvalue weighted by Crippen LogP contribution is -1.99. The highest BCUT2D eigenvalue weighted by molar-refractivity contribution is 7.85. The van der Waals surface area contributed by atoms with Gasteiger partial charge in [-0.3, -0.25) is 4.55 Å². The first-order chi connectivity index (χ1) is 7.97. The predicted molar refractivity (Wildman–Crippen MR) is 53.9 cm³/mol. The van der Waals surface area contributed by atoms with E-state index >= 15 is 0 Å². The van der Waals surface area contributed by atoms with Crippen molar-refractivity contribution < 1.29 is 17.4 Å². The summed E-state index contributed by atoms with van der Waals surface area (Å²) >= 11 is 0. The van der Waals surface area contributed by atoms with Gasteiger partial charge in [-0.25, -0.2) is 4.98 Å². The van der Waals surface area contributed by atoms with Gasteiger partial charge in [-0.2, -0.15) is 22.8 Å². The number of hydrogen-bond acceptors (Lipinski definition) is 5. The topological polar surface area (TPSA) is 93.0 Å². The molecule has 0 spiro atoms. The Kier molecular flexibility index (Phi) is 2.82. The fourth-order valence-corrected chi connectivity index (χ4v) is 1.64. The minimum atomic E-state index is -4.24. The molecule has 87 valence electrons. The fraction of sp³-hybridized carbons (Fsp3) is 0. The number of halogens is 1. The lowest BCUT2D eigenvalue weighted by molar-refractivity contribution is 0.483. The maximum absolute atomic E-state index is 12.7. The van der Waals surface area contributed by atoms with Gasteiger partial charge in [-0.1, -0.05) is 0 Å². The molecule has 0 aliphatic carbocycles. The first kappa shape index (κ1) is 11.6. The van der Waals surface area contributed by atoms with Crippen LogP contribution in [0.2, 0.25) is 0 Å². The van der Waals surface area contributed by atoms with Crippen LogP contribution in [0.4, 0.5) is 4.39 Å². The second-order valence-corrected chi connectivity index (χ2v) is 4.45. The van der Waals surface area contributed by atoms with Crippen molar-refractivity contribution in [2.75, 3.05) is 0 Å². The third kappa shape index (κ3) is 2.60. The summed E-state index contributed by atoms with van der Waals surface area (Å²) in [4.78, 5) is 9.81. The Labute approximate surface area is 95.9 Å². The zero-order chi connectivity index (χ0) is 12.5. The molecule has 1 N–H and O–H groups in total. The van der Waals surface area contributed by atoms with Crippen LogP contribution < -0.4 is 0 Å². The minimum absolute atomic E-state index is 0.0272. The van der Waals surface area contributed by atoms with Gasteiger partial charge >= 0.3 is 6.08 Å². The summed E-state index contributed by atoms with van der Waals surface area (Å²) in [6.07, 6.45) is 1.09. The van der Waals surface area contributed by atoms with Crippen LogP contribution in [-0.2, 0) is 10.1 Å². The number of nitrogens with zero attached hydrogens (tertiary/aromatic N) is 3. The lowest BCUT2D eigenvalue weighted by atomic mass is 10.2. The summed E-state index contributed by atoms with van der Waals surface area (Å²) in [5.41, 5.74) is 0.384. The minimum Gasteiger partial charge on any atom is -0.282 e. The Morgan fingerprint density at radius 1 is 1.18 bits per heavy atom. The molecule has 0 aliphatic rings. The van der Waals surface area contributed by atoms with E-state index in [2.05, 4.69) is 21.3 Å². The standard InChI is InChI=1S/C9H5FN3O3S/c10-9-12-5-11-8(13-9)6-1-3-7(4-2-6)17(14,15)16/h1-4H,(H,14,15,16). The maximum Gasteiger partial charge on any atom is 0.312 e. The van der Waals surface area contributed by atoms with Gasteiger partial charge in [0.1, 0.15) is 0 Å². The first-order valence-corrected chi connectivity index (χ1v) is 5.76. The highest BCUT2D eigenvalue weighted by atomic mass is 32.2. The van der Waals surface area contributed by atoms with Crippen LogP contribution in [0.3, 0.4) is 0 Å². The molecule has 1 aromatic carbocycles. The molecule has 1 heterocycles. The zero-order valence-electron chi connectivity index (χ0n) is 8.20. The summed E-state index contributed by atoms with van der Waals surface area (Å²) < 4.78 is 43.0. The number of rotatable bonds is 2. The van der Waals surface area contributed by atoms with E-state index in [-0.39, 0.29) is 10.7 Å². The molecule has 0 bridgehead atoms. The van der Waals surface area contributed by atoms with Crippen LogP contribution >= 0.6 is 0 Å². The predicted octanol–water partition coefficient (Wildman–Crippen LogP) is 0.725. The van der Waals surface area contributed by atoms with Crippen LogP contribution in [0.25, 0.3) is 11.4 Å². The smallest absolute Gasteiger partial charge is 0.282 e. The average Bonchev–Trinajstić information content (AvgIpc) is 2.28. The first-order valence-electron chi connectivity index (χ1n) is 4.32. The number of benzene rings is 1. The van der Waals surface area contributed by atoms with Gasteiger partial charge in [0.05, 0.1) is 4.90 Å². The van der Waals surface area contributed by atoms with Crippen LogP contribution in [-0.4, -0.2) is 27.9 Å². The highest BCUT2D eigenvalue weighted by Crippen LogP contribution is 2.17. The van der Waals surface area contributed by atoms with Crippen molar-refractivity contribution >= 4 is 10.1 Å². The Balaban J connectivity index is 2.43. The van der Waals surface area contributed by atoms with Crippen molar-refractivity contribution in [3.8, 4) is 11.4 Å². The fourth-order valence-electron chi connectivity index (χ4n) is 1.16. The Bertz CT molecular complexity index is 643. The van der Waals surface area contributed by atoms with Crippen molar-refractivity contribution in [1.82, 2.24) is 15.0 Å². The lowest BCUT2D eigenvalue weighted by Gasteiger charge is -2.00. The van der Waals surface area contributed by atoms with Gasteiger partial charge in [0.2, 0.25) is 6.33 Å². The summed E-state index contributed by atoms with van der Waals surface area (Å²) in [7, 11) is -4.24. The monoisotopic (exact) mass is 254 g/mol. The van der Waals surface area contributed by atoms with Crippen molar-refractivity contribution in [2.45, 2.75) is 4.90 Å². The largest absolute Gasteiger partial charge is 0.312 e. The van der Waals surface area contributed by atoms with E-state index in [1.54, 1.807) is 0 Å². The summed E-state index contributed by atoms with van der Waals surface area (Å²) in [5.74, 6) is 0.0272. The van der Waals surface area contributed by atoms with E-state index in [0.29, 0.717) is 5.56 Å². The van der Waals surface area contributed by atoms with Gasteiger partial charge < -0.3 is 0 Å². The Hall–Kier alpha value is -1.93. The molecular weight excluding hydrogens is 249 g/mol. The second kappa shape index (κ2) is 4.15. The number of hydrogen-bond donors (Lipinski definition) is 1. The van der Waals surface area contributed by atoms with E-state index in [0.717, 1.165) is 12.1 Å². The summed E-state index contributed by atoms with van der Waals surface area (Å²) in [5, 5.41) is 0. The molecule has 0 saturated heterocycles. The van der Waals surface area contributed by atoms with E-state index < -0.39 is 16.2 Å². The molecule has 0 aliphatic heterocycles. The molecule has 0 unspecified atom stereocenters. The van der Waals surface area contributed by atoms with Crippen molar-refractivity contribution in [1.29, 1.82) is 0 Å². The van der Waals surface area contributed by atoms with Crippen LogP contribution in [0.1, 0.15) is 0 Å². The van der Waals surface area contributed by atoms with E-state index in [4.69, 9.17) is 4.55 Å². The molecular formula is C9H5FN3O3S. The summed E-state index contributed by atoms with van der Waals surface area (Å²) in [6, 6.07) is 5.00. The molecule has 0 amide bonds. The van der Waals surface area contributed by atoms with Gasteiger partial charge in [0.15, 0.2) is 5.82 Å². The molecule has 17 heavy (non-hydrogen) atoms. The molecule has 2 rings (SSSR count). The van der Waals surface area contributed by atoms with Crippen LogP contribution in [0.15, 0.2) is 29.2 Å². The SMILES string of the molecule is O=S(=O)(O)c1ccc(-c2n[c]nc(F)n2)cc1. The van der Waals surface area contributed by atoms with E-state index in [1.807, 2.05) is 0 Å². The van der Waals surface area contributed by atoms with Crippen LogP contribution in [0, 0.1) is 12.4 Å². The maximum atomic E-state index is 12.7. The van der Waals surface area contributed by atoms with E-state index in [9.17, 15) is 12.8 Å². The second-order valence-electron chi connectivity index (χ2n) is 3.03. The molecule has 8 heteroatoms. The van der Waals surface area contributed by atoms with Gasteiger partial charge in [-0.15, -0.1) is 0 Å². The van der Waals surface area contributed by atoms with E-state index in [1.165, 1.54) is 12.1 Å². The molecule has 2 aromatic rings. The molecule has 0 atom stereocenters. The molecule has 6 nitrogen and oxygen atoms in total. The Morgan fingerprint density at radius 2 is 1.82 bits per heavy atom.